The monoisotopic (exact) mass is 304 g/mol. The van der Waals surface area contributed by atoms with E-state index in [2.05, 4.69) is 5.32 Å². The zero-order chi connectivity index (χ0) is 16.3. The second kappa shape index (κ2) is 6.62. The van der Waals surface area contributed by atoms with Crippen molar-refractivity contribution in [1.82, 2.24) is 9.88 Å². The average Bonchev–Trinajstić information content (AvgIpc) is 3.07. The van der Waals surface area contributed by atoms with Crippen molar-refractivity contribution in [1.29, 1.82) is 0 Å². The highest BCUT2D eigenvalue weighted by atomic mass is 16.5. The zero-order valence-electron chi connectivity index (χ0n) is 13.2. The first-order valence-electron chi connectivity index (χ1n) is 6.97. The third-order valence-electron chi connectivity index (χ3n) is 3.75. The van der Waals surface area contributed by atoms with Gasteiger partial charge in [-0.15, -0.1) is 0 Å². The predicted molar refractivity (Wildman–Crippen MR) is 81.0 cm³/mol. The van der Waals surface area contributed by atoms with Crippen molar-refractivity contribution >= 4 is 11.8 Å². The second-order valence-corrected chi connectivity index (χ2v) is 5.09. The van der Waals surface area contributed by atoms with Crippen LogP contribution >= 0.6 is 0 Å². The van der Waals surface area contributed by atoms with Gasteiger partial charge in [-0.25, -0.2) is 4.79 Å². The summed E-state index contributed by atoms with van der Waals surface area (Å²) in [4.78, 5) is 24.3. The number of ketones is 1. The summed E-state index contributed by atoms with van der Waals surface area (Å²) >= 11 is 0. The van der Waals surface area contributed by atoms with Crippen LogP contribution in [0.15, 0.2) is 22.8 Å². The fourth-order valence-corrected chi connectivity index (χ4v) is 2.58. The highest BCUT2D eigenvalue weighted by Gasteiger charge is 2.24. The molecule has 22 heavy (non-hydrogen) atoms. The van der Waals surface area contributed by atoms with Gasteiger partial charge in [0.15, 0.2) is 5.78 Å². The minimum Gasteiger partial charge on any atom is -0.468 e. The topological polar surface area (TPSA) is 73.5 Å². The Hall–Kier alpha value is -2.34. The molecule has 0 aliphatic carbocycles. The lowest BCUT2D eigenvalue weighted by Gasteiger charge is -2.04. The fourth-order valence-electron chi connectivity index (χ4n) is 2.58. The molecule has 6 nitrogen and oxygen atoms in total. The van der Waals surface area contributed by atoms with Crippen LogP contribution in [-0.2, 0) is 18.3 Å². The third kappa shape index (κ3) is 2.96. The van der Waals surface area contributed by atoms with Crippen molar-refractivity contribution in [3.05, 3.63) is 46.7 Å². The first-order valence-corrected chi connectivity index (χ1v) is 6.97. The SMILES string of the molecule is COC(=O)c1c(C)c(C(=O)CNCc2ccco2)c(C)n1C. The summed E-state index contributed by atoms with van der Waals surface area (Å²) in [5, 5.41) is 3.04. The van der Waals surface area contributed by atoms with Crippen LogP contribution in [0.3, 0.4) is 0 Å². The van der Waals surface area contributed by atoms with Crippen molar-refractivity contribution < 1.29 is 18.7 Å². The highest BCUT2D eigenvalue weighted by molar-refractivity contribution is 6.03. The third-order valence-corrected chi connectivity index (χ3v) is 3.75. The van der Waals surface area contributed by atoms with E-state index in [-0.39, 0.29) is 12.3 Å². The van der Waals surface area contributed by atoms with Crippen molar-refractivity contribution in [2.75, 3.05) is 13.7 Å². The molecule has 118 valence electrons. The molecule has 2 aromatic heterocycles. The predicted octanol–water partition coefficient (Wildman–Crippen LogP) is 1.99. The van der Waals surface area contributed by atoms with Gasteiger partial charge < -0.3 is 19.0 Å². The van der Waals surface area contributed by atoms with E-state index in [0.717, 1.165) is 11.5 Å². The largest absolute Gasteiger partial charge is 0.468 e. The molecule has 2 heterocycles. The molecule has 0 amide bonds. The van der Waals surface area contributed by atoms with Crippen LogP contribution in [0.2, 0.25) is 0 Å². The molecule has 0 fully saturated rings. The summed E-state index contributed by atoms with van der Waals surface area (Å²) in [5.41, 5.74) is 2.38. The Morgan fingerprint density at radius 2 is 2.09 bits per heavy atom. The summed E-state index contributed by atoms with van der Waals surface area (Å²) in [6.45, 7) is 4.23. The molecule has 0 saturated carbocycles. The van der Waals surface area contributed by atoms with Gasteiger partial charge >= 0.3 is 5.97 Å². The van der Waals surface area contributed by atoms with Gasteiger partial charge in [0, 0.05) is 18.3 Å². The van der Waals surface area contributed by atoms with Crippen LogP contribution in [-0.4, -0.2) is 30.0 Å². The molecule has 6 heteroatoms. The highest BCUT2D eigenvalue weighted by Crippen LogP contribution is 2.22. The number of carbonyl (C=O) groups excluding carboxylic acids is 2. The standard InChI is InChI=1S/C16H20N2O4/c1-10-14(11(2)18(3)15(10)16(20)21-4)13(19)9-17-8-12-6-5-7-22-12/h5-7,17H,8-9H2,1-4H3. The number of aromatic nitrogens is 1. The molecule has 0 unspecified atom stereocenters. The molecular formula is C16H20N2O4. The van der Waals surface area contributed by atoms with Gasteiger partial charge in [-0.05, 0) is 31.5 Å². The number of rotatable bonds is 6. The average molecular weight is 304 g/mol. The quantitative estimate of drug-likeness (QED) is 0.652. The lowest BCUT2D eigenvalue weighted by molar-refractivity contribution is 0.0588. The number of esters is 1. The summed E-state index contributed by atoms with van der Waals surface area (Å²) in [5.74, 6) is 0.266. The van der Waals surface area contributed by atoms with Crippen molar-refractivity contribution in [2.24, 2.45) is 7.05 Å². The van der Waals surface area contributed by atoms with Gasteiger partial charge in [-0.1, -0.05) is 0 Å². The van der Waals surface area contributed by atoms with E-state index in [1.54, 1.807) is 30.9 Å². The minimum atomic E-state index is -0.439. The Morgan fingerprint density at radius 3 is 2.68 bits per heavy atom. The lowest BCUT2D eigenvalue weighted by atomic mass is 10.1. The molecule has 0 aliphatic rings. The molecule has 0 spiro atoms. The molecule has 0 aromatic carbocycles. The molecule has 1 N–H and O–H groups in total. The number of Topliss-reactive ketones (excluding diaryl/α,β-unsaturated/α-hetero) is 1. The van der Waals surface area contributed by atoms with Crippen LogP contribution in [0.1, 0.15) is 37.9 Å². The van der Waals surface area contributed by atoms with E-state index in [9.17, 15) is 9.59 Å². The van der Waals surface area contributed by atoms with Gasteiger partial charge in [0.25, 0.3) is 0 Å². The molecule has 0 radical (unpaired) electrons. The second-order valence-electron chi connectivity index (χ2n) is 5.09. The number of methoxy groups -OCH3 is 1. The van der Waals surface area contributed by atoms with Gasteiger partial charge in [0.2, 0.25) is 0 Å². The first kappa shape index (κ1) is 16.0. The molecule has 2 rings (SSSR count). The van der Waals surface area contributed by atoms with E-state index < -0.39 is 5.97 Å². The molecule has 0 bridgehead atoms. The maximum atomic E-state index is 12.4. The molecule has 2 aromatic rings. The van der Waals surface area contributed by atoms with Crippen LogP contribution in [0.4, 0.5) is 0 Å². The summed E-state index contributed by atoms with van der Waals surface area (Å²) in [7, 11) is 3.08. The Bertz CT molecular complexity index is 684. The molecule has 0 atom stereocenters. The summed E-state index contributed by atoms with van der Waals surface area (Å²) in [6, 6.07) is 3.64. The number of nitrogens with one attached hydrogen (secondary N) is 1. The zero-order valence-corrected chi connectivity index (χ0v) is 13.2. The number of carbonyl (C=O) groups is 2. The number of hydrogen-bond acceptors (Lipinski definition) is 5. The number of furan rings is 1. The number of hydrogen-bond donors (Lipinski definition) is 1. The van der Waals surface area contributed by atoms with E-state index in [1.807, 2.05) is 13.0 Å². The first-order chi connectivity index (χ1) is 10.5. The van der Waals surface area contributed by atoms with Crippen LogP contribution in [0.25, 0.3) is 0 Å². The van der Waals surface area contributed by atoms with Crippen molar-refractivity contribution in [3.8, 4) is 0 Å². The number of nitrogens with zero attached hydrogens (tertiary/aromatic N) is 1. The smallest absolute Gasteiger partial charge is 0.354 e. The summed E-state index contributed by atoms with van der Waals surface area (Å²) < 4.78 is 11.7. The maximum absolute atomic E-state index is 12.4. The molecule has 0 aliphatic heterocycles. The Morgan fingerprint density at radius 1 is 1.36 bits per heavy atom. The lowest BCUT2D eigenvalue weighted by Crippen LogP contribution is -2.23. The minimum absolute atomic E-state index is 0.0627. The molecule has 0 saturated heterocycles. The van der Waals surface area contributed by atoms with E-state index >= 15 is 0 Å². The van der Waals surface area contributed by atoms with Gasteiger partial charge in [0.05, 0.1) is 26.5 Å². The van der Waals surface area contributed by atoms with Crippen LogP contribution < -0.4 is 5.32 Å². The summed E-state index contributed by atoms with van der Waals surface area (Å²) in [6.07, 6.45) is 1.59. The van der Waals surface area contributed by atoms with Crippen molar-refractivity contribution in [2.45, 2.75) is 20.4 Å². The normalized spacial score (nSPS) is 10.7. The van der Waals surface area contributed by atoms with E-state index in [4.69, 9.17) is 9.15 Å². The van der Waals surface area contributed by atoms with E-state index in [0.29, 0.717) is 23.4 Å². The van der Waals surface area contributed by atoms with Gasteiger partial charge in [-0.3, -0.25) is 4.79 Å². The van der Waals surface area contributed by atoms with Gasteiger partial charge in [-0.2, -0.15) is 0 Å². The van der Waals surface area contributed by atoms with Crippen molar-refractivity contribution in [3.63, 3.8) is 0 Å². The fraction of sp³-hybridized carbons (Fsp3) is 0.375. The van der Waals surface area contributed by atoms with E-state index in [1.165, 1.54) is 7.11 Å². The molecular weight excluding hydrogens is 284 g/mol. The maximum Gasteiger partial charge on any atom is 0.354 e. The van der Waals surface area contributed by atoms with Crippen LogP contribution in [0, 0.1) is 13.8 Å². The van der Waals surface area contributed by atoms with Gasteiger partial charge in [0.1, 0.15) is 11.5 Å². The Kier molecular flexibility index (Phi) is 4.82. The van der Waals surface area contributed by atoms with Crippen LogP contribution in [0.5, 0.6) is 0 Å². The Balaban J connectivity index is 2.14. The Labute approximate surface area is 129 Å². The number of ether oxygens (including phenoxy) is 1.